The van der Waals surface area contributed by atoms with E-state index in [2.05, 4.69) is 4.98 Å². The number of anilines is 1. The van der Waals surface area contributed by atoms with Crippen molar-refractivity contribution in [1.82, 2.24) is 4.98 Å². The maximum absolute atomic E-state index is 11.9. The molecule has 0 fully saturated rings. The van der Waals surface area contributed by atoms with E-state index in [9.17, 15) is 4.39 Å². The third kappa shape index (κ3) is 3.16. The summed E-state index contributed by atoms with van der Waals surface area (Å²) in [6.45, 7) is -0.435. The molecule has 0 aliphatic heterocycles. The van der Waals surface area contributed by atoms with E-state index in [1.54, 1.807) is 18.3 Å². The lowest BCUT2D eigenvalue weighted by atomic mass is 10.1. The van der Waals surface area contributed by atoms with Gasteiger partial charge in [-0.05, 0) is 12.5 Å². The lowest BCUT2D eigenvalue weighted by Gasteiger charge is -2.10. The summed E-state index contributed by atoms with van der Waals surface area (Å²) in [7, 11) is 0. The first-order valence-corrected chi connectivity index (χ1v) is 3.77. The number of nitrogen functional groups attached to an aromatic ring is 1. The van der Waals surface area contributed by atoms with Crippen molar-refractivity contribution in [3.63, 3.8) is 0 Å². The number of halogens is 2. The molecule has 13 heavy (non-hydrogen) atoms. The zero-order chi connectivity index (χ0) is 8.97. The highest BCUT2D eigenvalue weighted by atomic mass is 35.5. The van der Waals surface area contributed by atoms with Gasteiger partial charge >= 0.3 is 0 Å². The fourth-order valence-corrected chi connectivity index (χ4v) is 1.02. The largest absolute Gasteiger partial charge is 0.383 e. The van der Waals surface area contributed by atoms with Crippen LogP contribution in [0.25, 0.3) is 0 Å². The number of hydrogen-bond donors (Lipinski definition) is 2. The van der Waals surface area contributed by atoms with Crippen molar-refractivity contribution >= 4 is 18.2 Å². The van der Waals surface area contributed by atoms with Crippen LogP contribution < -0.4 is 11.5 Å². The van der Waals surface area contributed by atoms with Crippen LogP contribution in [0.3, 0.4) is 0 Å². The molecule has 0 saturated heterocycles. The first-order chi connectivity index (χ1) is 5.75. The second-order valence-electron chi connectivity index (χ2n) is 2.56. The molecule has 0 aliphatic carbocycles. The van der Waals surface area contributed by atoms with E-state index in [0.717, 1.165) is 5.56 Å². The SMILES string of the molecule is Cl.Nc1ncccc1[C@H](N)CCF. The normalized spacial score (nSPS) is 11.8. The Morgan fingerprint density at radius 1 is 1.54 bits per heavy atom. The summed E-state index contributed by atoms with van der Waals surface area (Å²) >= 11 is 0. The molecule has 1 aromatic heterocycles. The van der Waals surface area contributed by atoms with Gasteiger partial charge in [0.05, 0.1) is 6.67 Å². The van der Waals surface area contributed by atoms with Crippen LogP contribution in [0, 0.1) is 0 Å². The summed E-state index contributed by atoms with van der Waals surface area (Å²) in [5, 5.41) is 0. The van der Waals surface area contributed by atoms with Crippen molar-refractivity contribution in [2.75, 3.05) is 12.4 Å². The van der Waals surface area contributed by atoms with Crippen molar-refractivity contribution in [1.29, 1.82) is 0 Å². The highest BCUT2D eigenvalue weighted by molar-refractivity contribution is 5.85. The Hall–Kier alpha value is -0.870. The van der Waals surface area contributed by atoms with Gasteiger partial charge in [-0.25, -0.2) is 4.98 Å². The summed E-state index contributed by atoms with van der Waals surface area (Å²) in [6.07, 6.45) is 1.87. The van der Waals surface area contributed by atoms with Gasteiger partial charge in [-0.15, -0.1) is 12.4 Å². The van der Waals surface area contributed by atoms with Gasteiger partial charge in [0.1, 0.15) is 5.82 Å². The third-order valence-corrected chi connectivity index (χ3v) is 1.69. The maximum Gasteiger partial charge on any atom is 0.128 e. The molecule has 3 nitrogen and oxygen atoms in total. The van der Waals surface area contributed by atoms with Gasteiger partial charge < -0.3 is 11.5 Å². The van der Waals surface area contributed by atoms with Crippen LogP contribution in [0.2, 0.25) is 0 Å². The molecule has 0 spiro atoms. The minimum atomic E-state index is -0.435. The van der Waals surface area contributed by atoms with Crippen molar-refractivity contribution in [2.24, 2.45) is 5.73 Å². The van der Waals surface area contributed by atoms with E-state index in [1.807, 2.05) is 0 Å². The second-order valence-corrected chi connectivity index (χ2v) is 2.56. The summed E-state index contributed by atoms with van der Waals surface area (Å²) in [5.41, 5.74) is 11.9. The number of rotatable bonds is 3. The number of aromatic nitrogens is 1. The average Bonchev–Trinajstić information content (AvgIpc) is 2.05. The minimum absolute atomic E-state index is 0. The number of nitrogens with two attached hydrogens (primary N) is 2. The van der Waals surface area contributed by atoms with Crippen LogP contribution in [0.15, 0.2) is 18.3 Å². The highest BCUT2D eigenvalue weighted by Gasteiger charge is 2.08. The van der Waals surface area contributed by atoms with Gasteiger partial charge in [0.15, 0.2) is 0 Å². The molecule has 1 atom stereocenters. The van der Waals surface area contributed by atoms with Crippen molar-refractivity contribution in [3.8, 4) is 0 Å². The van der Waals surface area contributed by atoms with E-state index in [-0.39, 0.29) is 24.9 Å². The molecule has 1 aromatic rings. The number of pyridine rings is 1. The molecule has 0 aliphatic rings. The molecule has 0 bridgehead atoms. The van der Waals surface area contributed by atoms with Crippen LogP contribution >= 0.6 is 12.4 Å². The molecule has 0 saturated carbocycles. The molecular weight excluding hydrogens is 193 g/mol. The van der Waals surface area contributed by atoms with Crippen molar-refractivity contribution in [2.45, 2.75) is 12.5 Å². The molecule has 1 heterocycles. The monoisotopic (exact) mass is 205 g/mol. The predicted molar refractivity (Wildman–Crippen MR) is 53.4 cm³/mol. The van der Waals surface area contributed by atoms with Crippen LogP contribution in [-0.4, -0.2) is 11.7 Å². The molecular formula is C8H13ClFN3. The summed E-state index contributed by atoms with van der Waals surface area (Å²) < 4.78 is 11.9. The predicted octanol–water partition coefficient (Wildman–Crippen LogP) is 1.45. The topological polar surface area (TPSA) is 64.9 Å². The Labute approximate surface area is 82.7 Å². The zero-order valence-electron chi connectivity index (χ0n) is 7.11. The molecule has 1 rings (SSSR count). The lowest BCUT2D eigenvalue weighted by molar-refractivity contribution is 0.442. The Morgan fingerprint density at radius 2 is 2.23 bits per heavy atom. The third-order valence-electron chi connectivity index (χ3n) is 1.69. The molecule has 0 radical (unpaired) electrons. The molecule has 0 amide bonds. The minimum Gasteiger partial charge on any atom is -0.383 e. The molecule has 74 valence electrons. The Kier molecular flexibility index (Phi) is 5.34. The van der Waals surface area contributed by atoms with E-state index in [4.69, 9.17) is 11.5 Å². The van der Waals surface area contributed by atoms with Gasteiger partial charge in [-0.2, -0.15) is 0 Å². The van der Waals surface area contributed by atoms with Crippen LogP contribution in [-0.2, 0) is 0 Å². The zero-order valence-corrected chi connectivity index (χ0v) is 7.93. The molecule has 5 heteroatoms. The number of hydrogen-bond acceptors (Lipinski definition) is 3. The maximum atomic E-state index is 11.9. The Morgan fingerprint density at radius 3 is 2.77 bits per heavy atom. The van der Waals surface area contributed by atoms with Crippen LogP contribution in [0.5, 0.6) is 0 Å². The van der Waals surface area contributed by atoms with Gasteiger partial charge in [0.25, 0.3) is 0 Å². The summed E-state index contributed by atoms with van der Waals surface area (Å²) in [4.78, 5) is 3.86. The van der Waals surface area contributed by atoms with Gasteiger partial charge in [0, 0.05) is 17.8 Å². The Bertz CT molecular complexity index is 257. The molecule has 0 unspecified atom stereocenters. The van der Waals surface area contributed by atoms with Gasteiger partial charge in [-0.1, -0.05) is 6.07 Å². The van der Waals surface area contributed by atoms with E-state index >= 15 is 0 Å². The van der Waals surface area contributed by atoms with Gasteiger partial charge in [0.2, 0.25) is 0 Å². The standard InChI is InChI=1S/C8H12FN3.ClH/c9-4-3-7(10)6-2-1-5-12-8(6)11;/h1-2,5,7H,3-4,10H2,(H2,11,12);1H/t7-;/m1./s1. The summed E-state index contributed by atoms with van der Waals surface area (Å²) in [5.74, 6) is 0.387. The number of alkyl halides is 1. The smallest absolute Gasteiger partial charge is 0.128 e. The first kappa shape index (κ1) is 12.1. The van der Waals surface area contributed by atoms with E-state index in [1.165, 1.54) is 0 Å². The molecule has 4 N–H and O–H groups in total. The fraction of sp³-hybridized carbons (Fsp3) is 0.375. The highest BCUT2D eigenvalue weighted by Crippen LogP contribution is 2.18. The summed E-state index contributed by atoms with van der Waals surface area (Å²) in [6, 6.07) is 3.16. The van der Waals surface area contributed by atoms with Gasteiger partial charge in [-0.3, -0.25) is 4.39 Å². The van der Waals surface area contributed by atoms with Crippen molar-refractivity contribution in [3.05, 3.63) is 23.9 Å². The van der Waals surface area contributed by atoms with Crippen LogP contribution in [0.4, 0.5) is 10.2 Å². The van der Waals surface area contributed by atoms with E-state index in [0.29, 0.717) is 5.82 Å². The average molecular weight is 206 g/mol. The first-order valence-electron chi connectivity index (χ1n) is 3.77. The molecule has 0 aromatic carbocycles. The fourth-order valence-electron chi connectivity index (χ4n) is 1.02. The second kappa shape index (κ2) is 5.72. The van der Waals surface area contributed by atoms with E-state index < -0.39 is 6.67 Å². The van der Waals surface area contributed by atoms with Crippen molar-refractivity contribution < 1.29 is 4.39 Å². The number of nitrogens with zero attached hydrogens (tertiary/aromatic N) is 1. The lowest BCUT2D eigenvalue weighted by Crippen LogP contribution is -2.13. The Balaban J connectivity index is 0.00000144. The van der Waals surface area contributed by atoms with Crippen LogP contribution in [0.1, 0.15) is 18.0 Å². The quantitative estimate of drug-likeness (QED) is 0.785.